The van der Waals surface area contributed by atoms with Gasteiger partial charge in [0.1, 0.15) is 24.2 Å². The fraction of sp³-hybridized carbons (Fsp3) is 0.667. The number of imidazole rings is 1. The van der Waals surface area contributed by atoms with Crippen LogP contribution in [0.2, 0.25) is 0 Å². The summed E-state index contributed by atoms with van der Waals surface area (Å²) in [5, 5.41) is 25.7. The van der Waals surface area contributed by atoms with Crippen LogP contribution in [0.25, 0.3) is 0 Å². The van der Waals surface area contributed by atoms with E-state index in [0.29, 0.717) is 18.5 Å². The van der Waals surface area contributed by atoms with Crippen molar-refractivity contribution in [1.29, 1.82) is 0 Å². The molecule has 1 heterocycles. The summed E-state index contributed by atoms with van der Waals surface area (Å²) in [5.41, 5.74) is 16.6. The molecule has 19 heteroatoms. The number of guanidine groups is 1. The van der Waals surface area contributed by atoms with Crippen LogP contribution in [0.1, 0.15) is 59.1 Å². The standard InChI is InChI=1S/C30H54N12O7/c1-16(2)9-17(3)25(45)41-22(10-19-13-35-15-37-19)28(48)42-23(14-43)29(49)38-18(4)26(46)40-21(7-6-8-36-30(32)33)27(47)39-20(12-34-5)11-24(31)44/h13,15-18,20-23,34,43H,6-12,14H2,1-5H3,(H2,31,44)(H,35,37)(H,38,49)(H,39,47)(H,40,46)(H,41,45)(H,42,48)(H4,32,33,36). The Labute approximate surface area is 286 Å². The number of aliphatic imine (C=N–C) groups is 1. The van der Waals surface area contributed by atoms with Gasteiger partial charge in [0.15, 0.2) is 5.96 Å². The van der Waals surface area contributed by atoms with Crippen molar-refractivity contribution in [2.75, 3.05) is 26.7 Å². The molecule has 0 aliphatic rings. The molecule has 0 bridgehead atoms. The van der Waals surface area contributed by atoms with Crippen LogP contribution in [0, 0.1) is 11.8 Å². The van der Waals surface area contributed by atoms with Crippen molar-refractivity contribution in [2.45, 2.75) is 90.0 Å². The SMILES string of the molecule is CNCC(CC(N)=O)NC(=O)C(CCCN=C(N)N)NC(=O)C(C)NC(=O)C(CO)NC(=O)C(Cc1cnc[nH]1)NC(=O)C(C)CC(C)C. The zero-order chi connectivity index (χ0) is 37.1. The van der Waals surface area contributed by atoms with Crippen LogP contribution in [-0.2, 0) is 35.2 Å². The van der Waals surface area contributed by atoms with Crippen LogP contribution in [0.15, 0.2) is 17.5 Å². The van der Waals surface area contributed by atoms with Gasteiger partial charge in [-0.1, -0.05) is 20.8 Å². The van der Waals surface area contributed by atoms with E-state index in [9.17, 15) is 33.9 Å². The van der Waals surface area contributed by atoms with E-state index in [-0.39, 0.29) is 56.1 Å². The Hall–Kier alpha value is -4.78. The van der Waals surface area contributed by atoms with Gasteiger partial charge >= 0.3 is 0 Å². The molecule has 1 rings (SSSR count). The molecule has 276 valence electrons. The molecule has 49 heavy (non-hydrogen) atoms. The number of carbonyl (C=O) groups is 6. The molecule has 1 aromatic heterocycles. The molecular formula is C30H54N12O7. The second kappa shape index (κ2) is 22.0. The number of aliphatic hydroxyl groups excluding tert-OH is 1. The fourth-order valence-electron chi connectivity index (χ4n) is 4.83. The minimum Gasteiger partial charge on any atom is -0.394 e. The molecule has 14 N–H and O–H groups in total. The topological polar surface area (TPSA) is 314 Å². The van der Waals surface area contributed by atoms with E-state index >= 15 is 0 Å². The molecule has 6 amide bonds. The Balaban J connectivity index is 2.99. The summed E-state index contributed by atoms with van der Waals surface area (Å²) in [6.45, 7) is 6.63. The van der Waals surface area contributed by atoms with E-state index in [2.05, 4.69) is 46.9 Å². The van der Waals surface area contributed by atoms with Gasteiger partial charge in [-0.15, -0.1) is 0 Å². The minimum atomic E-state index is -1.48. The third kappa shape index (κ3) is 16.7. The number of aliphatic hydroxyl groups is 1. The van der Waals surface area contributed by atoms with Gasteiger partial charge < -0.3 is 59.2 Å². The molecule has 0 aromatic carbocycles. The minimum absolute atomic E-state index is 0.0335. The van der Waals surface area contributed by atoms with Crippen molar-refractivity contribution in [3.05, 3.63) is 18.2 Å². The van der Waals surface area contributed by atoms with Crippen molar-refractivity contribution < 1.29 is 33.9 Å². The van der Waals surface area contributed by atoms with Crippen LogP contribution < -0.4 is 49.1 Å². The number of amides is 6. The number of aromatic nitrogens is 2. The van der Waals surface area contributed by atoms with E-state index in [0.717, 1.165) is 0 Å². The highest BCUT2D eigenvalue weighted by Crippen LogP contribution is 2.12. The number of nitrogens with two attached hydrogens (primary N) is 3. The molecule has 0 radical (unpaired) electrons. The number of primary amides is 1. The summed E-state index contributed by atoms with van der Waals surface area (Å²) in [7, 11) is 1.63. The average Bonchev–Trinajstić information content (AvgIpc) is 3.53. The molecule has 0 saturated heterocycles. The van der Waals surface area contributed by atoms with Crippen LogP contribution in [-0.4, -0.2) is 113 Å². The Morgan fingerprint density at radius 2 is 1.47 bits per heavy atom. The lowest BCUT2D eigenvalue weighted by molar-refractivity contribution is -0.135. The molecule has 0 aliphatic carbocycles. The van der Waals surface area contributed by atoms with Gasteiger partial charge in [0.25, 0.3) is 0 Å². The molecule has 0 fully saturated rings. The first-order valence-electron chi connectivity index (χ1n) is 16.2. The molecule has 6 unspecified atom stereocenters. The Morgan fingerprint density at radius 3 is 2.02 bits per heavy atom. The summed E-state index contributed by atoms with van der Waals surface area (Å²) in [6, 6.07) is -5.57. The van der Waals surface area contributed by atoms with E-state index in [4.69, 9.17) is 17.2 Å². The second-order valence-corrected chi connectivity index (χ2v) is 12.3. The highest BCUT2D eigenvalue weighted by molar-refractivity contribution is 5.95. The largest absolute Gasteiger partial charge is 0.394 e. The van der Waals surface area contributed by atoms with Crippen molar-refractivity contribution in [3.8, 4) is 0 Å². The van der Waals surface area contributed by atoms with E-state index in [1.54, 1.807) is 14.0 Å². The van der Waals surface area contributed by atoms with Gasteiger partial charge in [0, 0.05) is 43.7 Å². The lowest BCUT2D eigenvalue weighted by atomic mass is 9.97. The molecule has 6 atom stereocenters. The highest BCUT2D eigenvalue weighted by atomic mass is 16.3. The number of carbonyl (C=O) groups excluding carboxylic acids is 6. The van der Waals surface area contributed by atoms with Crippen LogP contribution in [0.3, 0.4) is 0 Å². The Morgan fingerprint density at radius 1 is 0.857 bits per heavy atom. The lowest BCUT2D eigenvalue weighted by Crippen LogP contribution is -2.59. The smallest absolute Gasteiger partial charge is 0.245 e. The van der Waals surface area contributed by atoms with Crippen molar-refractivity contribution >= 4 is 41.4 Å². The second-order valence-electron chi connectivity index (χ2n) is 12.3. The van der Waals surface area contributed by atoms with Gasteiger partial charge in [-0.25, -0.2) is 4.98 Å². The van der Waals surface area contributed by atoms with Crippen molar-refractivity contribution in [1.82, 2.24) is 41.9 Å². The Bertz CT molecular complexity index is 1250. The van der Waals surface area contributed by atoms with Crippen molar-refractivity contribution in [2.24, 2.45) is 34.0 Å². The summed E-state index contributed by atoms with van der Waals surface area (Å²) in [5.74, 6) is -4.25. The number of H-pyrrole nitrogens is 1. The number of rotatable bonds is 23. The molecule has 0 saturated carbocycles. The average molecular weight is 695 g/mol. The van der Waals surface area contributed by atoms with E-state index < -0.39 is 66.4 Å². The van der Waals surface area contributed by atoms with Gasteiger partial charge in [0.2, 0.25) is 35.4 Å². The zero-order valence-electron chi connectivity index (χ0n) is 28.9. The van der Waals surface area contributed by atoms with Gasteiger partial charge in [0.05, 0.1) is 19.0 Å². The fourth-order valence-corrected chi connectivity index (χ4v) is 4.83. The number of nitrogens with one attached hydrogen (secondary N) is 7. The number of hydrogen-bond donors (Lipinski definition) is 11. The van der Waals surface area contributed by atoms with E-state index in [1.807, 2.05) is 13.8 Å². The maximum absolute atomic E-state index is 13.3. The van der Waals surface area contributed by atoms with Gasteiger partial charge in [-0.05, 0) is 39.2 Å². The highest BCUT2D eigenvalue weighted by Gasteiger charge is 2.31. The summed E-state index contributed by atoms with van der Waals surface area (Å²) in [4.78, 5) is 87.7. The first-order chi connectivity index (χ1) is 23.1. The van der Waals surface area contributed by atoms with Crippen LogP contribution in [0.5, 0.6) is 0 Å². The number of hydrogen-bond acceptors (Lipinski definition) is 10. The summed E-state index contributed by atoms with van der Waals surface area (Å²) < 4.78 is 0. The first-order valence-corrected chi connectivity index (χ1v) is 16.2. The van der Waals surface area contributed by atoms with Crippen molar-refractivity contribution in [3.63, 3.8) is 0 Å². The third-order valence-corrected chi connectivity index (χ3v) is 7.27. The quantitative estimate of drug-likeness (QED) is 0.0300. The maximum Gasteiger partial charge on any atom is 0.245 e. The maximum atomic E-state index is 13.3. The predicted molar refractivity (Wildman–Crippen MR) is 181 cm³/mol. The van der Waals surface area contributed by atoms with Crippen LogP contribution in [0.4, 0.5) is 0 Å². The summed E-state index contributed by atoms with van der Waals surface area (Å²) in [6.07, 6.45) is 3.80. The molecule has 1 aromatic rings. The molecular weight excluding hydrogens is 640 g/mol. The molecule has 0 spiro atoms. The monoisotopic (exact) mass is 694 g/mol. The zero-order valence-corrected chi connectivity index (χ0v) is 28.9. The number of nitrogens with zero attached hydrogens (tertiary/aromatic N) is 2. The number of aromatic amines is 1. The molecule has 0 aliphatic heterocycles. The lowest BCUT2D eigenvalue weighted by Gasteiger charge is -2.26. The van der Waals surface area contributed by atoms with E-state index in [1.165, 1.54) is 19.4 Å². The predicted octanol–water partition coefficient (Wildman–Crippen LogP) is -3.78. The van der Waals surface area contributed by atoms with Crippen LogP contribution >= 0.6 is 0 Å². The Kier molecular flexibility index (Phi) is 18.9. The van der Waals surface area contributed by atoms with Gasteiger partial charge in [-0.3, -0.25) is 33.8 Å². The summed E-state index contributed by atoms with van der Waals surface area (Å²) >= 11 is 0. The van der Waals surface area contributed by atoms with Gasteiger partial charge in [-0.2, -0.15) is 0 Å². The normalized spacial score (nSPS) is 14.7. The number of likely N-dealkylation sites (N-methyl/N-ethyl adjacent to an activating group) is 1. The third-order valence-electron chi connectivity index (χ3n) is 7.27. The first kappa shape index (κ1) is 42.2. The molecule has 19 nitrogen and oxygen atoms in total.